The van der Waals surface area contributed by atoms with E-state index in [4.69, 9.17) is 5.26 Å². The molecule has 7 nitrogen and oxygen atoms in total. The lowest BCUT2D eigenvalue weighted by molar-refractivity contribution is -0.384. The fourth-order valence-electron chi connectivity index (χ4n) is 1.99. The van der Waals surface area contributed by atoms with Gasteiger partial charge in [0.05, 0.1) is 16.6 Å². The molecule has 1 aromatic heterocycles. The van der Waals surface area contributed by atoms with Crippen molar-refractivity contribution in [1.82, 2.24) is 4.98 Å². The summed E-state index contributed by atoms with van der Waals surface area (Å²) in [6, 6.07) is 2.97. The Morgan fingerprint density at radius 2 is 2.20 bits per heavy atom. The number of hydrogen-bond donors (Lipinski definition) is 2. The van der Waals surface area contributed by atoms with E-state index in [9.17, 15) is 15.2 Å². The van der Waals surface area contributed by atoms with E-state index in [1.165, 1.54) is 12.3 Å². The number of aliphatic hydroxyl groups excluding tert-OH is 1. The van der Waals surface area contributed by atoms with Gasteiger partial charge in [-0.3, -0.25) is 10.1 Å². The zero-order valence-corrected chi connectivity index (χ0v) is 11.5. The van der Waals surface area contributed by atoms with Crippen molar-refractivity contribution in [2.45, 2.75) is 32.8 Å². The Bertz CT molecular complexity index is 509. The van der Waals surface area contributed by atoms with Gasteiger partial charge in [-0.1, -0.05) is 26.7 Å². The van der Waals surface area contributed by atoms with Crippen LogP contribution in [0.15, 0.2) is 12.3 Å². The highest BCUT2D eigenvalue weighted by molar-refractivity contribution is 5.58. The van der Waals surface area contributed by atoms with Crippen molar-refractivity contribution in [3.63, 3.8) is 0 Å². The minimum absolute atomic E-state index is 0.0685. The molecular weight excluding hydrogens is 260 g/mol. The zero-order valence-electron chi connectivity index (χ0n) is 11.5. The minimum Gasteiger partial charge on any atom is -0.391 e. The highest BCUT2D eigenvalue weighted by Gasteiger charge is 2.19. The molecule has 0 spiro atoms. The Balaban J connectivity index is 2.83. The third-order valence-electron chi connectivity index (χ3n) is 3.26. The molecule has 0 aliphatic carbocycles. The number of anilines is 1. The standard InChI is InChI=1S/C13H18N4O3/c1-3-10(4-2)12(18)8-16-13-11(17(19)20)5-9(6-14)7-15-13/h5,7,10,12,18H,3-4,8H2,1-2H3,(H,15,16). The average Bonchev–Trinajstić information content (AvgIpc) is 2.46. The smallest absolute Gasteiger partial charge is 0.312 e. The van der Waals surface area contributed by atoms with Crippen LogP contribution < -0.4 is 5.32 Å². The van der Waals surface area contributed by atoms with Crippen LogP contribution in [-0.4, -0.2) is 27.7 Å². The summed E-state index contributed by atoms with van der Waals surface area (Å²) in [7, 11) is 0. The average molecular weight is 278 g/mol. The van der Waals surface area contributed by atoms with Crippen molar-refractivity contribution in [2.75, 3.05) is 11.9 Å². The largest absolute Gasteiger partial charge is 0.391 e. The summed E-state index contributed by atoms with van der Waals surface area (Å²) in [4.78, 5) is 14.2. The van der Waals surface area contributed by atoms with Crippen LogP contribution in [-0.2, 0) is 0 Å². The Morgan fingerprint density at radius 3 is 2.70 bits per heavy atom. The first-order valence-electron chi connectivity index (χ1n) is 6.49. The third-order valence-corrected chi connectivity index (χ3v) is 3.26. The van der Waals surface area contributed by atoms with Crippen molar-refractivity contribution in [3.8, 4) is 6.07 Å². The van der Waals surface area contributed by atoms with E-state index < -0.39 is 11.0 Å². The van der Waals surface area contributed by atoms with E-state index in [0.717, 1.165) is 12.8 Å². The normalized spacial score (nSPS) is 11.9. The number of rotatable bonds is 7. The van der Waals surface area contributed by atoms with E-state index in [1.807, 2.05) is 13.8 Å². The summed E-state index contributed by atoms with van der Waals surface area (Å²) in [6.45, 7) is 4.16. The minimum atomic E-state index is -0.598. The SMILES string of the molecule is CCC(CC)C(O)CNc1ncc(C#N)cc1[N+](=O)[O-]. The van der Waals surface area contributed by atoms with E-state index >= 15 is 0 Å². The van der Waals surface area contributed by atoms with Gasteiger partial charge in [-0.05, 0) is 5.92 Å². The second-order valence-electron chi connectivity index (χ2n) is 4.49. The number of aromatic nitrogens is 1. The maximum absolute atomic E-state index is 10.9. The topological polar surface area (TPSA) is 112 Å². The van der Waals surface area contributed by atoms with Crippen molar-refractivity contribution in [1.29, 1.82) is 5.26 Å². The van der Waals surface area contributed by atoms with Crippen molar-refractivity contribution in [2.24, 2.45) is 5.92 Å². The fraction of sp³-hybridized carbons (Fsp3) is 0.538. The first kappa shape index (κ1) is 15.9. The van der Waals surface area contributed by atoms with Crippen LogP contribution in [0.4, 0.5) is 11.5 Å². The second kappa shape index (κ2) is 7.40. The van der Waals surface area contributed by atoms with E-state index in [-0.39, 0.29) is 29.5 Å². The van der Waals surface area contributed by atoms with Crippen LogP contribution in [0, 0.1) is 27.4 Å². The van der Waals surface area contributed by atoms with Crippen molar-refractivity contribution < 1.29 is 10.0 Å². The quantitative estimate of drug-likeness (QED) is 0.583. The Morgan fingerprint density at radius 1 is 1.55 bits per heavy atom. The molecule has 1 rings (SSSR count). The Labute approximate surface area is 117 Å². The van der Waals surface area contributed by atoms with Gasteiger partial charge in [-0.15, -0.1) is 0 Å². The van der Waals surface area contributed by atoms with E-state index in [1.54, 1.807) is 6.07 Å². The van der Waals surface area contributed by atoms with Crippen LogP contribution in [0.25, 0.3) is 0 Å². The molecule has 108 valence electrons. The van der Waals surface area contributed by atoms with E-state index in [2.05, 4.69) is 10.3 Å². The molecule has 0 aliphatic heterocycles. The summed E-state index contributed by atoms with van der Waals surface area (Å²) in [5.74, 6) is 0.207. The van der Waals surface area contributed by atoms with Crippen molar-refractivity contribution >= 4 is 11.5 Å². The second-order valence-corrected chi connectivity index (χ2v) is 4.49. The zero-order chi connectivity index (χ0) is 15.1. The van der Waals surface area contributed by atoms with Crippen LogP contribution in [0.1, 0.15) is 32.3 Å². The molecule has 0 saturated carbocycles. The van der Waals surface area contributed by atoms with E-state index in [0.29, 0.717) is 0 Å². The Kier molecular flexibility index (Phi) is 5.87. The van der Waals surface area contributed by atoms with Crippen LogP contribution >= 0.6 is 0 Å². The molecule has 1 aromatic rings. The molecule has 0 fully saturated rings. The summed E-state index contributed by atoms with van der Waals surface area (Å²) in [5, 5.41) is 32.4. The third kappa shape index (κ3) is 3.90. The molecular formula is C13H18N4O3. The van der Waals surface area contributed by atoms with Gasteiger partial charge in [0.15, 0.2) is 0 Å². The highest BCUT2D eigenvalue weighted by atomic mass is 16.6. The first-order chi connectivity index (χ1) is 9.53. The summed E-state index contributed by atoms with van der Waals surface area (Å²) in [6.07, 6.45) is 2.34. The lowest BCUT2D eigenvalue weighted by Crippen LogP contribution is -2.28. The predicted octanol–water partition coefficient (Wildman–Crippen LogP) is 2.07. The number of nitriles is 1. The fourth-order valence-corrected chi connectivity index (χ4v) is 1.99. The molecule has 0 aliphatic rings. The monoisotopic (exact) mass is 278 g/mol. The Hall–Kier alpha value is -2.20. The van der Waals surface area contributed by atoms with Gasteiger partial charge in [0.2, 0.25) is 5.82 Å². The molecule has 0 amide bonds. The number of nitrogens with zero attached hydrogens (tertiary/aromatic N) is 3. The van der Waals surface area contributed by atoms with Gasteiger partial charge in [-0.2, -0.15) is 5.26 Å². The van der Waals surface area contributed by atoms with Gasteiger partial charge in [0.1, 0.15) is 6.07 Å². The predicted molar refractivity (Wildman–Crippen MR) is 74.2 cm³/mol. The molecule has 7 heteroatoms. The highest BCUT2D eigenvalue weighted by Crippen LogP contribution is 2.23. The van der Waals surface area contributed by atoms with Gasteiger partial charge in [0, 0.05) is 18.8 Å². The maximum Gasteiger partial charge on any atom is 0.312 e. The number of nitro groups is 1. The molecule has 20 heavy (non-hydrogen) atoms. The lowest BCUT2D eigenvalue weighted by atomic mass is 9.96. The molecule has 0 aromatic carbocycles. The van der Waals surface area contributed by atoms with Gasteiger partial charge < -0.3 is 10.4 Å². The van der Waals surface area contributed by atoms with Crippen LogP contribution in [0.2, 0.25) is 0 Å². The molecule has 0 radical (unpaired) electrons. The molecule has 0 saturated heterocycles. The van der Waals surface area contributed by atoms with Gasteiger partial charge in [-0.25, -0.2) is 4.98 Å². The summed E-state index contributed by atoms with van der Waals surface area (Å²) in [5.41, 5.74) is -0.136. The lowest BCUT2D eigenvalue weighted by Gasteiger charge is -2.20. The molecule has 1 atom stereocenters. The van der Waals surface area contributed by atoms with Crippen LogP contribution in [0.3, 0.4) is 0 Å². The summed E-state index contributed by atoms with van der Waals surface area (Å²) < 4.78 is 0. The summed E-state index contributed by atoms with van der Waals surface area (Å²) >= 11 is 0. The first-order valence-corrected chi connectivity index (χ1v) is 6.49. The number of aliphatic hydroxyl groups is 1. The number of pyridine rings is 1. The molecule has 1 heterocycles. The van der Waals surface area contributed by atoms with Crippen molar-refractivity contribution in [3.05, 3.63) is 27.9 Å². The van der Waals surface area contributed by atoms with Gasteiger partial charge >= 0.3 is 5.69 Å². The molecule has 2 N–H and O–H groups in total. The van der Waals surface area contributed by atoms with Gasteiger partial charge in [0.25, 0.3) is 0 Å². The molecule has 1 unspecified atom stereocenters. The number of nitrogens with one attached hydrogen (secondary N) is 1. The maximum atomic E-state index is 10.9. The number of hydrogen-bond acceptors (Lipinski definition) is 6. The van der Waals surface area contributed by atoms with Crippen LogP contribution in [0.5, 0.6) is 0 Å². The molecule has 0 bridgehead atoms.